The zero-order chi connectivity index (χ0) is 20.8. The molecule has 0 aliphatic carbocycles. The van der Waals surface area contributed by atoms with Crippen molar-refractivity contribution in [1.29, 1.82) is 0 Å². The summed E-state index contributed by atoms with van der Waals surface area (Å²) in [6.45, 7) is 4.00. The Labute approximate surface area is 169 Å². The Morgan fingerprint density at radius 3 is 2.36 bits per heavy atom. The first-order chi connectivity index (χ1) is 13.3. The van der Waals surface area contributed by atoms with Gasteiger partial charge in [0.2, 0.25) is 4.77 Å². The third-order valence-electron chi connectivity index (χ3n) is 4.15. The maximum absolute atomic E-state index is 9.71. The molecule has 4 N–H and O–H groups in total. The van der Waals surface area contributed by atoms with Gasteiger partial charge in [0.15, 0.2) is 5.82 Å². The van der Waals surface area contributed by atoms with Crippen LogP contribution in [0.1, 0.15) is 18.1 Å². The zero-order valence-electron chi connectivity index (χ0n) is 16.7. The van der Waals surface area contributed by atoms with Crippen molar-refractivity contribution < 1.29 is 14.9 Å². The Morgan fingerprint density at radius 2 is 1.82 bits per heavy atom. The van der Waals surface area contributed by atoms with Gasteiger partial charge >= 0.3 is 0 Å². The lowest BCUT2D eigenvalue weighted by Gasteiger charge is -2.16. The van der Waals surface area contributed by atoms with Gasteiger partial charge in [-0.3, -0.25) is 10.2 Å². The highest BCUT2D eigenvalue weighted by Gasteiger charge is 2.11. The quantitative estimate of drug-likeness (QED) is 0.489. The predicted octanol–water partition coefficient (Wildman–Crippen LogP) is 4.18. The molecule has 1 aromatic heterocycles. The maximum atomic E-state index is 9.71. The second-order valence-corrected chi connectivity index (χ2v) is 6.82. The van der Waals surface area contributed by atoms with Gasteiger partial charge < -0.3 is 19.8 Å². The van der Waals surface area contributed by atoms with E-state index in [1.165, 1.54) is 11.6 Å². The summed E-state index contributed by atoms with van der Waals surface area (Å²) in [6, 6.07) is 9.14. The number of nitrogens with one attached hydrogen (secondary N) is 2. The van der Waals surface area contributed by atoms with E-state index in [-0.39, 0.29) is 11.5 Å². The molecule has 28 heavy (non-hydrogen) atoms. The fourth-order valence-electron chi connectivity index (χ4n) is 2.64. The average Bonchev–Trinajstić information content (AvgIpc) is 3.08. The lowest BCUT2D eigenvalue weighted by atomic mass is 10.1. The summed E-state index contributed by atoms with van der Waals surface area (Å²) in [5.41, 5.74) is 3.63. The number of hydrogen-bond acceptors (Lipinski definition) is 6. The number of anilines is 1. The van der Waals surface area contributed by atoms with E-state index in [9.17, 15) is 10.2 Å². The second kappa shape index (κ2) is 9.27. The molecular weight excluding hydrogens is 376 g/mol. The molecule has 0 bridgehead atoms. The van der Waals surface area contributed by atoms with Crippen LogP contribution in [0.4, 0.5) is 5.69 Å². The molecule has 8 heteroatoms. The van der Waals surface area contributed by atoms with Crippen LogP contribution in [-0.4, -0.2) is 46.6 Å². The SMILES string of the molecule is CCc1cc(-c2nc(=S)[nH][nH]2)c(O)cc1O.COc1ccc(C)cc1N(C)C. The van der Waals surface area contributed by atoms with Gasteiger partial charge in [-0.1, -0.05) is 13.0 Å². The first kappa shape index (κ1) is 21.3. The average molecular weight is 403 g/mol. The number of phenols is 2. The molecule has 150 valence electrons. The van der Waals surface area contributed by atoms with E-state index >= 15 is 0 Å². The number of H-pyrrole nitrogens is 2. The standard InChI is InChI=1S/C10H11N3O2S.C10H15NO/c1-2-5-3-6(8(15)4-7(5)14)9-11-10(16)13-12-9;1-8-5-6-10(12-4)9(7-8)11(2)3/h3-4,14-15H,2H2,1H3,(H2,11,12,13,16);5-7H,1-4H3. The van der Waals surface area contributed by atoms with Gasteiger partial charge in [-0.25, -0.2) is 0 Å². The number of aromatic nitrogens is 3. The molecule has 0 saturated heterocycles. The van der Waals surface area contributed by atoms with Gasteiger partial charge in [-0.2, -0.15) is 4.98 Å². The molecule has 0 fully saturated rings. The largest absolute Gasteiger partial charge is 0.508 e. The van der Waals surface area contributed by atoms with Gasteiger partial charge in [0.1, 0.15) is 17.2 Å². The highest BCUT2D eigenvalue weighted by Crippen LogP contribution is 2.33. The van der Waals surface area contributed by atoms with E-state index in [1.54, 1.807) is 13.2 Å². The highest BCUT2D eigenvalue weighted by molar-refractivity contribution is 7.71. The minimum atomic E-state index is -0.0348. The Balaban J connectivity index is 0.000000209. The number of aryl methyl sites for hydroxylation is 2. The molecule has 7 nitrogen and oxygen atoms in total. The third-order valence-corrected chi connectivity index (χ3v) is 4.34. The molecule has 0 aliphatic rings. The smallest absolute Gasteiger partial charge is 0.213 e. The van der Waals surface area contributed by atoms with Crippen LogP contribution in [0.5, 0.6) is 17.2 Å². The molecule has 0 atom stereocenters. The van der Waals surface area contributed by atoms with Gasteiger partial charge in [0.05, 0.1) is 18.4 Å². The maximum Gasteiger partial charge on any atom is 0.213 e. The fourth-order valence-corrected chi connectivity index (χ4v) is 2.78. The molecule has 0 aliphatic heterocycles. The lowest BCUT2D eigenvalue weighted by Crippen LogP contribution is -2.10. The predicted molar refractivity (Wildman–Crippen MR) is 114 cm³/mol. The minimum Gasteiger partial charge on any atom is -0.508 e. The molecule has 1 heterocycles. The Morgan fingerprint density at radius 1 is 1.11 bits per heavy atom. The first-order valence-electron chi connectivity index (χ1n) is 8.78. The summed E-state index contributed by atoms with van der Waals surface area (Å²) in [6.07, 6.45) is 0.671. The first-order valence-corrected chi connectivity index (χ1v) is 9.19. The summed E-state index contributed by atoms with van der Waals surface area (Å²) in [5.74, 6) is 1.42. The van der Waals surface area contributed by atoms with E-state index in [0.29, 0.717) is 22.6 Å². The number of aromatic amines is 2. The summed E-state index contributed by atoms with van der Waals surface area (Å²) in [5, 5.41) is 24.7. The Hall–Kier alpha value is -3.00. The van der Waals surface area contributed by atoms with E-state index in [0.717, 1.165) is 17.0 Å². The normalized spacial score (nSPS) is 10.2. The van der Waals surface area contributed by atoms with Crippen molar-refractivity contribution in [3.8, 4) is 28.6 Å². The van der Waals surface area contributed by atoms with Crippen molar-refractivity contribution in [2.24, 2.45) is 0 Å². The molecule has 2 aromatic carbocycles. The molecule has 3 rings (SSSR count). The zero-order valence-corrected chi connectivity index (χ0v) is 17.5. The number of rotatable bonds is 4. The summed E-state index contributed by atoms with van der Waals surface area (Å²) in [7, 11) is 5.71. The van der Waals surface area contributed by atoms with E-state index in [1.807, 2.05) is 38.1 Å². The molecule has 0 radical (unpaired) electrons. The van der Waals surface area contributed by atoms with Crippen LogP contribution in [0.2, 0.25) is 0 Å². The number of ether oxygens (including phenoxy) is 1. The number of benzene rings is 2. The van der Waals surface area contributed by atoms with E-state index in [4.69, 9.17) is 17.0 Å². The topological polar surface area (TPSA) is 97.4 Å². The van der Waals surface area contributed by atoms with Crippen molar-refractivity contribution in [2.45, 2.75) is 20.3 Å². The van der Waals surface area contributed by atoms with Crippen LogP contribution < -0.4 is 9.64 Å². The van der Waals surface area contributed by atoms with Crippen molar-refractivity contribution in [3.05, 3.63) is 46.2 Å². The Kier molecular flexibility index (Phi) is 7.06. The monoisotopic (exact) mass is 402 g/mol. The van der Waals surface area contributed by atoms with Crippen LogP contribution in [0.3, 0.4) is 0 Å². The fraction of sp³-hybridized carbons (Fsp3) is 0.300. The van der Waals surface area contributed by atoms with Crippen molar-refractivity contribution >= 4 is 17.9 Å². The van der Waals surface area contributed by atoms with Crippen LogP contribution in [0, 0.1) is 11.7 Å². The molecule has 0 unspecified atom stereocenters. The van der Waals surface area contributed by atoms with E-state index in [2.05, 4.69) is 28.2 Å². The van der Waals surface area contributed by atoms with Crippen molar-refractivity contribution in [3.63, 3.8) is 0 Å². The van der Waals surface area contributed by atoms with Crippen LogP contribution in [-0.2, 0) is 6.42 Å². The van der Waals surface area contributed by atoms with Gasteiger partial charge in [-0.05, 0) is 54.9 Å². The number of nitrogens with zero attached hydrogens (tertiary/aromatic N) is 2. The lowest BCUT2D eigenvalue weighted by molar-refractivity contribution is 0.415. The van der Waals surface area contributed by atoms with E-state index < -0.39 is 0 Å². The van der Waals surface area contributed by atoms with Gasteiger partial charge in [-0.15, -0.1) is 0 Å². The molecule has 0 amide bonds. The number of methoxy groups -OCH3 is 1. The Bertz CT molecular complexity index is 995. The minimum absolute atomic E-state index is 0.0348. The molecule has 0 spiro atoms. The highest BCUT2D eigenvalue weighted by atomic mass is 32.1. The summed E-state index contributed by atoms with van der Waals surface area (Å²) >= 11 is 4.83. The number of hydrogen-bond donors (Lipinski definition) is 4. The van der Waals surface area contributed by atoms with Crippen LogP contribution in [0.15, 0.2) is 30.3 Å². The van der Waals surface area contributed by atoms with Crippen LogP contribution in [0.25, 0.3) is 11.4 Å². The molecule has 3 aromatic rings. The van der Waals surface area contributed by atoms with Crippen molar-refractivity contribution in [2.75, 3.05) is 26.1 Å². The second-order valence-electron chi connectivity index (χ2n) is 6.44. The summed E-state index contributed by atoms with van der Waals surface area (Å²) in [4.78, 5) is 6.06. The van der Waals surface area contributed by atoms with Gasteiger partial charge in [0, 0.05) is 20.2 Å². The number of aromatic hydroxyl groups is 2. The van der Waals surface area contributed by atoms with Gasteiger partial charge in [0.25, 0.3) is 0 Å². The third kappa shape index (κ3) is 5.04. The van der Waals surface area contributed by atoms with Crippen molar-refractivity contribution in [1.82, 2.24) is 15.2 Å². The summed E-state index contributed by atoms with van der Waals surface area (Å²) < 4.78 is 5.54. The molecule has 0 saturated carbocycles. The van der Waals surface area contributed by atoms with Crippen LogP contribution >= 0.6 is 12.2 Å². The number of phenolic OH excluding ortho intramolecular Hbond substituents is 2. The molecular formula is C20H26N4O3S.